The summed E-state index contributed by atoms with van der Waals surface area (Å²) in [4.78, 5) is 42.9. The molecule has 0 aromatic rings. The van der Waals surface area contributed by atoms with Crippen LogP contribution >= 0.6 is 7.60 Å². The van der Waals surface area contributed by atoms with Crippen molar-refractivity contribution in [2.75, 3.05) is 26.2 Å². The molecular weight excluding hydrogens is 382 g/mol. The summed E-state index contributed by atoms with van der Waals surface area (Å²) in [6, 6.07) is 0. The molecule has 13 heteroatoms. The summed E-state index contributed by atoms with van der Waals surface area (Å²) < 4.78 is 55.8. The molecule has 0 heterocycles. The largest absolute Gasteiger partial charge is 0.471 e. The van der Waals surface area contributed by atoms with Crippen LogP contribution in [0.1, 0.15) is 33.6 Å². The fourth-order valence-electron chi connectivity index (χ4n) is 2.04. The molecule has 0 aliphatic carbocycles. The number of esters is 1. The maximum absolute atomic E-state index is 13.0. The third-order valence-electron chi connectivity index (χ3n) is 3.14. The van der Waals surface area contributed by atoms with E-state index in [0.29, 0.717) is 12.8 Å². The number of halogens is 3. The monoisotopic (exact) mass is 407 g/mol. The SMILES string of the molecule is CCCNC(NCCC)(N(CC(=O)OCC)C(=O)C(F)(F)F)P(=O)(O)O. The van der Waals surface area contributed by atoms with Crippen LogP contribution < -0.4 is 10.6 Å². The quantitative estimate of drug-likeness (QED) is 0.224. The third-order valence-corrected chi connectivity index (χ3v) is 4.54. The van der Waals surface area contributed by atoms with Crippen LogP contribution in [0.5, 0.6) is 0 Å². The Morgan fingerprint density at radius 2 is 1.54 bits per heavy atom. The smallest absolute Gasteiger partial charge is 0.465 e. The van der Waals surface area contributed by atoms with E-state index in [0.717, 1.165) is 0 Å². The van der Waals surface area contributed by atoms with Crippen LogP contribution in [0.3, 0.4) is 0 Å². The molecule has 26 heavy (non-hydrogen) atoms. The van der Waals surface area contributed by atoms with Crippen LogP contribution in [0.2, 0.25) is 0 Å². The topological polar surface area (TPSA) is 128 Å². The van der Waals surface area contributed by atoms with Crippen molar-refractivity contribution in [1.82, 2.24) is 15.5 Å². The second-order valence-corrected chi connectivity index (χ2v) is 7.00. The van der Waals surface area contributed by atoms with E-state index < -0.39 is 37.7 Å². The van der Waals surface area contributed by atoms with E-state index in [1.54, 1.807) is 13.8 Å². The first-order valence-electron chi connectivity index (χ1n) is 7.97. The predicted octanol–water partition coefficient (Wildman–Crippen LogP) is 0.729. The van der Waals surface area contributed by atoms with E-state index in [1.807, 2.05) is 0 Å². The van der Waals surface area contributed by atoms with Crippen LogP contribution in [0, 0.1) is 0 Å². The Hall–Kier alpha value is -1.20. The van der Waals surface area contributed by atoms with E-state index in [2.05, 4.69) is 15.4 Å². The summed E-state index contributed by atoms with van der Waals surface area (Å²) >= 11 is 0. The van der Waals surface area contributed by atoms with Gasteiger partial charge in [-0.25, -0.2) is 0 Å². The highest BCUT2D eigenvalue weighted by Crippen LogP contribution is 2.50. The molecule has 0 aromatic heterocycles. The lowest BCUT2D eigenvalue weighted by atomic mass is 10.3. The minimum absolute atomic E-state index is 0.133. The number of hydrogen-bond acceptors (Lipinski definition) is 6. The second kappa shape index (κ2) is 10.2. The van der Waals surface area contributed by atoms with Gasteiger partial charge in [0.15, 0.2) is 0 Å². The van der Waals surface area contributed by atoms with E-state index >= 15 is 0 Å². The Kier molecular flexibility index (Phi) is 9.74. The zero-order valence-electron chi connectivity index (χ0n) is 14.8. The molecule has 0 saturated heterocycles. The molecule has 0 saturated carbocycles. The number of alkyl halides is 3. The van der Waals surface area contributed by atoms with Gasteiger partial charge in [0.2, 0.25) is 0 Å². The van der Waals surface area contributed by atoms with Gasteiger partial charge >= 0.3 is 25.6 Å². The maximum Gasteiger partial charge on any atom is 0.471 e. The Balaban J connectivity index is 6.29. The number of ether oxygens (including phenoxy) is 1. The Morgan fingerprint density at radius 1 is 1.08 bits per heavy atom. The number of nitrogens with one attached hydrogen (secondary N) is 2. The molecule has 0 rings (SSSR count). The zero-order chi connectivity index (χ0) is 20.6. The lowest BCUT2D eigenvalue weighted by Gasteiger charge is -2.44. The van der Waals surface area contributed by atoms with Crippen LogP contribution in [-0.2, 0) is 18.9 Å². The molecule has 0 bridgehead atoms. The van der Waals surface area contributed by atoms with Crippen molar-refractivity contribution in [3.8, 4) is 0 Å². The molecule has 154 valence electrons. The van der Waals surface area contributed by atoms with Crippen LogP contribution in [-0.4, -0.2) is 64.5 Å². The first-order valence-corrected chi connectivity index (χ1v) is 9.58. The number of hydrogen-bond donors (Lipinski definition) is 4. The van der Waals surface area contributed by atoms with Crippen LogP contribution in [0.4, 0.5) is 13.2 Å². The molecule has 0 aromatic carbocycles. The number of carbonyl (C=O) groups is 2. The highest BCUT2D eigenvalue weighted by atomic mass is 31.2. The summed E-state index contributed by atoms with van der Waals surface area (Å²) in [6.07, 6.45) is -4.87. The lowest BCUT2D eigenvalue weighted by Crippen LogP contribution is -2.71. The van der Waals surface area contributed by atoms with E-state index in [4.69, 9.17) is 0 Å². The number of rotatable bonds is 11. The van der Waals surface area contributed by atoms with Crippen molar-refractivity contribution in [1.29, 1.82) is 0 Å². The van der Waals surface area contributed by atoms with Gasteiger partial charge in [-0.2, -0.15) is 13.2 Å². The van der Waals surface area contributed by atoms with Gasteiger partial charge in [0.25, 0.3) is 5.53 Å². The van der Waals surface area contributed by atoms with Gasteiger partial charge in [-0.05, 0) is 32.9 Å². The molecule has 0 aliphatic heterocycles. The van der Waals surface area contributed by atoms with E-state index in [-0.39, 0.29) is 24.6 Å². The lowest BCUT2D eigenvalue weighted by molar-refractivity contribution is -0.193. The molecule has 0 aliphatic rings. The summed E-state index contributed by atoms with van der Waals surface area (Å²) in [5.41, 5.74) is -2.90. The minimum Gasteiger partial charge on any atom is -0.465 e. The van der Waals surface area contributed by atoms with Crippen molar-refractivity contribution in [2.24, 2.45) is 0 Å². The van der Waals surface area contributed by atoms with Crippen LogP contribution in [0.25, 0.3) is 0 Å². The standard InChI is InChI=1S/C13H25F3N3O6P/c1-4-7-17-13(18-8-5-2,26(22,23)24)19(9-10(20)25-6-3)11(21)12(14,15)16/h17-18H,4-9H2,1-3H3,(H2,22,23,24). The molecule has 0 spiro atoms. The summed E-state index contributed by atoms with van der Waals surface area (Å²) in [5.74, 6) is -3.82. The van der Waals surface area contributed by atoms with Gasteiger partial charge in [-0.15, -0.1) is 0 Å². The minimum atomic E-state index is -5.46. The van der Waals surface area contributed by atoms with Gasteiger partial charge in [0.1, 0.15) is 6.54 Å². The Morgan fingerprint density at radius 3 is 1.85 bits per heavy atom. The highest BCUT2D eigenvalue weighted by molar-refractivity contribution is 7.53. The first kappa shape index (κ1) is 24.8. The van der Waals surface area contributed by atoms with Crippen molar-refractivity contribution in [3.05, 3.63) is 0 Å². The van der Waals surface area contributed by atoms with E-state index in [9.17, 15) is 37.1 Å². The summed E-state index contributed by atoms with van der Waals surface area (Å²) in [6.45, 7) is 2.87. The number of nitrogens with zero attached hydrogens (tertiary/aromatic N) is 1. The van der Waals surface area contributed by atoms with Crippen LogP contribution in [0.15, 0.2) is 0 Å². The first-order chi connectivity index (χ1) is 11.9. The maximum atomic E-state index is 13.0. The Bertz CT molecular complexity index is 518. The van der Waals surface area contributed by atoms with Crippen molar-refractivity contribution >= 4 is 19.5 Å². The van der Waals surface area contributed by atoms with Gasteiger partial charge in [0, 0.05) is 0 Å². The fourth-order valence-corrected chi connectivity index (χ4v) is 3.15. The Labute approximate surface area is 149 Å². The van der Waals surface area contributed by atoms with Crippen molar-refractivity contribution in [2.45, 2.75) is 45.3 Å². The molecule has 9 nitrogen and oxygen atoms in total. The molecular formula is C13H25F3N3O6P. The predicted molar refractivity (Wildman–Crippen MR) is 85.8 cm³/mol. The fraction of sp³-hybridized carbons (Fsp3) is 0.846. The molecule has 0 radical (unpaired) electrons. The normalized spacial score (nSPS) is 12.8. The molecule has 0 unspecified atom stereocenters. The molecule has 0 fully saturated rings. The van der Waals surface area contributed by atoms with Crippen molar-refractivity contribution in [3.63, 3.8) is 0 Å². The summed E-state index contributed by atoms with van der Waals surface area (Å²) in [7, 11) is -5.45. The average Bonchev–Trinajstić information content (AvgIpc) is 2.51. The number of amides is 1. The van der Waals surface area contributed by atoms with Crippen molar-refractivity contribution < 1.29 is 41.8 Å². The van der Waals surface area contributed by atoms with E-state index in [1.165, 1.54) is 6.92 Å². The van der Waals surface area contributed by atoms with Gasteiger partial charge < -0.3 is 14.5 Å². The third kappa shape index (κ3) is 6.51. The number of carbonyl (C=O) groups excluding carboxylic acids is 2. The average molecular weight is 407 g/mol. The summed E-state index contributed by atoms with van der Waals surface area (Å²) in [5, 5.41) is 4.56. The molecule has 0 atom stereocenters. The zero-order valence-corrected chi connectivity index (χ0v) is 15.7. The molecule has 1 amide bonds. The molecule has 4 N–H and O–H groups in total. The van der Waals surface area contributed by atoms with Gasteiger partial charge in [-0.1, -0.05) is 13.8 Å². The highest BCUT2D eigenvalue weighted by Gasteiger charge is 2.59. The van der Waals surface area contributed by atoms with Gasteiger partial charge in [0.05, 0.1) is 6.61 Å². The van der Waals surface area contributed by atoms with Gasteiger partial charge in [-0.3, -0.25) is 29.7 Å². The second-order valence-electron chi connectivity index (χ2n) is 5.26.